The summed E-state index contributed by atoms with van der Waals surface area (Å²) in [6.07, 6.45) is 7.64. The summed E-state index contributed by atoms with van der Waals surface area (Å²) in [6.45, 7) is 2.86. The van der Waals surface area contributed by atoms with Gasteiger partial charge in [0.05, 0.1) is 0 Å². The van der Waals surface area contributed by atoms with Gasteiger partial charge in [-0.3, -0.25) is 4.90 Å². The van der Waals surface area contributed by atoms with Crippen LogP contribution in [-0.2, 0) is 0 Å². The van der Waals surface area contributed by atoms with Crippen LogP contribution in [0.15, 0.2) is 0 Å². The third-order valence-electron chi connectivity index (χ3n) is 4.18. The van der Waals surface area contributed by atoms with E-state index in [1.54, 1.807) is 12.8 Å². The molecule has 1 heteroatoms. The highest BCUT2D eigenvalue weighted by Crippen LogP contribution is 2.43. The minimum absolute atomic E-state index is 1.01. The van der Waals surface area contributed by atoms with Crippen molar-refractivity contribution in [2.24, 2.45) is 11.8 Å². The molecule has 2 saturated heterocycles. The van der Waals surface area contributed by atoms with Crippen molar-refractivity contribution in [3.8, 4) is 0 Å². The van der Waals surface area contributed by atoms with Gasteiger partial charge in [-0.25, -0.2) is 0 Å². The topological polar surface area (TPSA) is 3.24 Å². The second-order valence-electron chi connectivity index (χ2n) is 4.61. The molecule has 0 spiro atoms. The highest BCUT2D eigenvalue weighted by atomic mass is 15.2. The van der Waals surface area contributed by atoms with E-state index in [0.29, 0.717) is 0 Å². The van der Waals surface area contributed by atoms with Gasteiger partial charge in [0, 0.05) is 12.6 Å². The maximum absolute atomic E-state index is 2.73. The van der Waals surface area contributed by atoms with Gasteiger partial charge >= 0.3 is 0 Å². The Kier molecular flexibility index (Phi) is 1.31. The van der Waals surface area contributed by atoms with Crippen LogP contribution in [0.3, 0.4) is 0 Å². The first-order valence-electron chi connectivity index (χ1n) is 5.17. The molecule has 3 aliphatic rings. The molecule has 0 aromatic heterocycles. The summed E-state index contributed by atoms with van der Waals surface area (Å²) in [7, 11) is 0. The predicted octanol–water partition coefficient (Wildman–Crippen LogP) is 1.88. The molecule has 62 valence electrons. The minimum atomic E-state index is 1.01. The van der Waals surface area contributed by atoms with Crippen LogP contribution in [0.4, 0.5) is 0 Å². The largest absolute Gasteiger partial charge is 0.300 e. The highest BCUT2D eigenvalue weighted by molar-refractivity contribution is 4.93. The van der Waals surface area contributed by atoms with Crippen molar-refractivity contribution in [2.75, 3.05) is 13.1 Å². The third kappa shape index (κ3) is 0.868. The summed E-state index contributed by atoms with van der Waals surface area (Å²) >= 11 is 0. The number of hydrogen-bond donors (Lipinski definition) is 0. The lowest BCUT2D eigenvalue weighted by atomic mass is 9.72. The molecule has 1 aliphatic carbocycles. The average molecular weight is 151 g/mol. The molecule has 0 bridgehead atoms. The fourth-order valence-corrected chi connectivity index (χ4v) is 3.03. The lowest BCUT2D eigenvalue weighted by molar-refractivity contribution is 0.0612. The quantitative estimate of drug-likeness (QED) is 0.511. The van der Waals surface area contributed by atoms with Crippen LogP contribution >= 0.6 is 0 Å². The first-order chi connectivity index (χ1) is 5.43. The lowest BCUT2D eigenvalue weighted by Crippen LogP contribution is -2.48. The molecular weight excluding hydrogens is 134 g/mol. The molecule has 0 radical (unpaired) electrons. The van der Waals surface area contributed by atoms with Gasteiger partial charge in [0.15, 0.2) is 0 Å². The molecule has 0 N–H and O–H groups in total. The Morgan fingerprint density at radius 1 is 0.818 bits per heavy atom. The van der Waals surface area contributed by atoms with E-state index >= 15 is 0 Å². The Morgan fingerprint density at radius 3 is 2.27 bits per heavy atom. The van der Waals surface area contributed by atoms with Crippen molar-refractivity contribution >= 4 is 0 Å². The first kappa shape index (κ1) is 6.47. The normalized spacial score (nSPS) is 49.6. The second kappa shape index (κ2) is 2.22. The molecule has 11 heavy (non-hydrogen) atoms. The van der Waals surface area contributed by atoms with Gasteiger partial charge < -0.3 is 0 Å². The van der Waals surface area contributed by atoms with Gasteiger partial charge in [-0.05, 0) is 50.5 Å². The van der Waals surface area contributed by atoms with Crippen LogP contribution in [0, 0.1) is 11.8 Å². The summed E-state index contributed by atoms with van der Waals surface area (Å²) in [6, 6.07) is 1.01. The van der Waals surface area contributed by atoms with Gasteiger partial charge in [-0.1, -0.05) is 0 Å². The Morgan fingerprint density at radius 2 is 1.64 bits per heavy atom. The standard InChI is InChI=1S/C10H17N/c1-2-9-7-11-6-5-10(11)4-3-8(1)9/h8-10H,1-7H2. The molecule has 2 aliphatic heterocycles. The van der Waals surface area contributed by atoms with E-state index in [1.807, 2.05) is 0 Å². The van der Waals surface area contributed by atoms with Crippen LogP contribution in [0.5, 0.6) is 0 Å². The Labute approximate surface area is 68.8 Å². The third-order valence-corrected chi connectivity index (χ3v) is 4.18. The molecule has 3 rings (SSSR count). The maximum atomic E-state index is 2.73. The van der Waals surface area contributed by atoms with Gasteiger partial charge in [0.2, 0.25) is 0 Å². The molecule has 0 aromatic carbocycles. The summed E-state index contributed by atoms with van der Waals surface area (Å²) in [5, 5.41) is 0. The Balaban J connectivity index is 1.72. The Bertz CT molecular complexity index is 148. The molecule has 2 heterocycles. The van der Waals surface area contributed by atoms with E-state index in [4.69, 9.17) is 0 Å². The second-order valence-corrected chi connectivity index (χ2v) is 4.61. The van der Waals surface area contributed by atoms with Crippen molar-refractivity contribution in [3.63, 3.8) is 0 Å². The molecule has 3 atom stereocenters. The van der Waals surface area contributed by atoms with Gasteiger partial charge in [0.25, 0.3) is 0 Å². The van der Waals surface area contributed by atoms with Crippen LogP contribution in [0.2, 0.25) is 0 Å². The number of hydrogen-bond acceptors (Lipinski definition) is 1. The van der Waals surface area contributed by atoms with Crippen LogP contribution in [-0.4, -0.2) is 24.0 Å². The predicted molar refractivity (Wildman–Crippen MR) is 45.4 cm³/mol. The summed E-state index contributed by atoms with van der Waals surface area (Å²) in [5.74, 6) is 2.25. The van der Waals surface area contributed by atoms with Crippen molar-refractivity contribution in [1.82, 2.24) is 4.90 Å². The fourth-order valence-electron chi connectivity index (χ4n) is 3.03. The molecule has 0 amide bonds. The van der Waals surface area contributed by atoms with E-state index < -0.39 is 0 Å². The smallest absolute Gasteiger partial charge is 0.0108 e. The molecule has 0 aromatic rings. The number of nitrogens with zero attached hydrogens (tertiary/aromatic N) is 1. The molecule has 1 saturated carbocycles. The Hall–Kier alpha value is -0.0400. The SMILES string of the molecule is C1CC2CN3CCC3CCC12. The zero-order chi connectivity index (χ0) is 7.26. The summed E-state index contributed by atoms with van der Waals surface area (Å²) in [4.78, 5) is 2.73. The minimum Gasteiger partial charge on any atom is -0.300 e. The molecule has 1 nitrogen and oxygen atoms in total. The van der Waals surface area contributed by atoms with Crippen molar-refractivity contribution < 1.29 is 0 Å². The van der Waals surface area contributed by atoms with Crippen LogP contribution < -0.4 is 0 Å². The molecule has 3 unspecified atom stereocenters. The lowest BCUT2D eigenvalue weighted by Gasteiger charge is -2.42. The van der Waals surface area contributed by atoms with Gasteiger partial charge in [0.1, 0.15) is 0 Å². The van der Waals surface area contributed by atoms with Gasteiger partial charge in [-0.15, -0.1) is 0 Å². The molecule has 3 fully saturated rings. The van der Waals surface area contributed by atoms with E-state index in [2.05, 4.69) is 4.90 Å². The van der Waals surface area contributed by atoms with Crippen molar-refractivity contribution in [1.29, 1.82) is 0 Å². The zero-order valence-corrected chi connectivity index (χ0v) is 7.13. The van der Waals surface area contributed by atoms with Crippen molar-refractivity contribution in [3.05, 3.63) is 0 Å². The van der Waals surface area contributed by atoms with E-state index in [-0.39, 0.29) is 0 Å². The van der Waals surface area contributed by atoms with Crippen LogP contribution in [0.1, 0.15) is 32.1 Å². The fraction of sp³-hybridized carbons (Fsp3) is 1.00. The van der Waals surface area contributed by atoms with Gasteiger partial charge in [-0.2, -0.15) is 0 Å². The highest BCUT2D eigenvalue weighted by Gasteiger charge is 2.40. The van der Waals surface area contributed by atoms with Crippen LogP contribution in [0.25, 0.3) is 0 Å². The monoisotopic (exact) mass is 151 g/mol. The van der Waals surface area contributed by atoms with E-state index in [1.165, 1.54) is 32.4 Å². The number of fused-ring (bicyclic) bond motifs is 2. The van der Waals surface area contributed by atoms with Crippen molar-refractivity contribution in [2.45, 2.75) is 38.1 Å². The maximum Gasteiger partial charge on any atom is 0.0108 e. The van der Waals surface area contributed by atoms with E-state index in [9.17, 15) is 0 Å². The van der Waals surface area contributed by atoms with E-state index in [0.717, 1.165) is 17.9 Å². The number of rotatable bonds is 0. The zero-order valence-electron chi connectivity index (χ0n) is 7.13. The summed E-state index contributed by atoms with van der Waals surface area (Å²) in [5.41, 5.74) is 0. The first-order valence-corrected chi connectivity index (χ1v) is 5.17. The molecular formula is C10H17N. The average Bonchev–Trinajstić information content (AvgIpc) is 1.98. The summed E-state index contributed by atoms with van der Waals surface area (Å²) < 4.78 is 0.